The van der Waals surface area contributed by atoms with Crippen molar-refractivity contribution in [3.05, 3.63) is 102 Å². The molecule has 1 saturated carbocycles. The highest BCUT2D eigenvalue weighted by molar-refractivity contribution is 6.32. The SMILES string of the molecule is COCC1(COc2cc3c(cc2Cl)-c2cc(=O)c(C(=O)O)cn2[C@H](C(C)(C)COCCOC2CC(COc4cc5c(cc4Cl)-c4cc(=O)c(C(=O)O)cn4[C@H](C(C)(C)COC)C5)C2)C3)COC1. The van der Waals surface area contributed by atoms with Crippen molar-refractivity contribution in [2.24, 2.45) is 22.2 Å². The normalized spacial score (nSPS) is 20.4. The summed E-state index contributed by atoms with van der Waals surface area (Å²) in [6.45, 7) is 12.1. The second-order valence-corrected chi connectivity index (χ2v) is 20.8. The largest absolute Gasteiger partial charge is 0.492 e. The van der Waals surface area contributed by atoms with Gasteiger partial charge in [0.2, 0.25) is 0 Å². The van der Waals surface area contributed by atoms with E-state index in [1.54, 1.807) is 26.4 Å². The van der Waals surface area contributed by atoms with Gasteiger partial charge in [-0.2, -0.15) is 0 Å². The summed E-state index contributed by atoms with van der Waals surface area (Å²) in [5.74, 6) is -1.25. The molecule has 0 bridgehead atoms. The van der Waals surface area contributed by atoms with Crippen LogP contribution in [0.2, 0.25) is 10.0 Å². The Hall–Kier alpha value is -4.74. The monoisotopic (exact) mass is 964 g/mol. The van der Waals surface area contributed by atoms with E-state index in [0.717, 1.165) is 35.1 Å². The molecule has 2 aromatic heterocycles. The number of hydrogen-bond donors (Lipinski definition) is 2. The first-order chi connectivity index (χ1) is 31.8. The van der Waals surface area contributed by atoms with Crippen molar-refractivity contribution < 1.29 is 53.0 Å². The molecule has 15 nitrogen and oxygen atoms in total. The number of ether oxygens (including phenoxy) is 7. The van der Waals surface area contributed by atoms with Crippen LogP contribution in [0.1, 0.15) is 84.5 Å². The van der Waals surface area contributed by atoms with Gasteiger partial charge in [0.25, 0.3) is 0 Å². The zero-order valence-electron chi connectivity index (χ0n) is 38.7. The highest BCUT2D eigenvalue weighted by Gasteiger charge is 2.42. The number of halogens is 2. The number of nitrogens with zero attached hydrogens (tertiary/aromatic N) is 2. The van der Waals surface area contributed by atoms with Crippen molar-refractivity contribution in [2.75, 3.05) is 73.7 Å². The first-order valence-corrected chi connectivity index (χ1v) is 23.2. The first kappa shape index (κ1) is 48.7. The molecule has 0 spiro atoms. The van der Waals surface area contributed by atoms with E-state index in [1.165, 1.54) is 24.5 Å². The van der Waals surface area contributed by atoms with Crippen molar-refractivity contribution in [1.29, 1.82) is 0 Å². The van der Waals surface area contributed by atoms with Gasteiger partial charge in [-0.3, -0.25) is 9.59 Å². The molecule has 2 N–H and O–H groups in total. The molecule has 5 heterocycles. The van der Waals surface area contributed by atoms with Gasteiger partial charge >= 0.3 is 11.9 Å². The molecule has 1 aliphatic carbocycles. The molecule has 1 saturated heterocycles. The zero-order valence-corrected chi connectivity index (χ0v) is 40.2. The third-order valence-corrected chi connectivity index (χ3v) is 14.4. The molecule has 0 unspecified atom stereocenters. The molecule has 8 rings (SSSR count). The molecular weight excluding hydrogens is 907 g/mol. The lowest BCUT2D eigenvalue weighted by molar-refractivity contribution is -0.159. The highest BCUT2D eigenvalue weighted by Crippen LogP contribution is 2.48. The van der Waals surface area contributed by atoms with Crippen LogP contribution in [0, 0.1) is 22.2 Å². The number of fused-ring (bicyclic) bond motifs is 6. The minimum Gasteiger partial charge on any atom is -0.492 e. The second kappa shape index (κ2) is 19.3. The lowest BCUT2D eigenvalue weighted by Gasteiger charge is -2.41. The standard InChI is InChI=1S/C50H58Cl2N2O13/c1-48(2,22-61-5)44-13-29-11-42(36(51)15-32(29)38-17-40(55)34(46(57)58)19-53(38)44)66-21-28-9-31(10-28)65-8-7-63-23-49(3,4)45-14-30-12-43(67-27-50(24-62-6)25-64-26-50)37(52)16-33(30)39-18-41(56)35(47(59)60)20-54(39)45/h11-12,15-20,28,31,44-45H,7-10,13-14,21-27H2,1-6H3,(H,57,58)(H,59,60)/t28?,31?,44-,45-/m0/s1. The molecular formula is C50H58Cl2N2O13. The Morgan fingerprint density at radius 2 is 1.25 bits per heavy atom. The van der Waals surface area contributed by atoms with Gasteiger partial charge in [-0.1, -0.05) is 50.9 Å². The lowest BCUT2D eigenvalue weighted by atomic mass is 9.77. The van der Waals surface area contributed by atoms with Gasteiger partial charge in [0.1, 0.15) is 29.2 Å². The third-order valence-electron chi connectivity index (χ3n) is 13.8. The summed E-state index contributed by atoms with van der Waals surface area (Å²) in [5, 5.41) is 20.4. The van der Waals surface area contributed by atoms with Gasteiger partial charge in [-0.05, 0) is 67.0 Å². The van der Waals surface area contributed by atoms with E-state index in [4.69, 9.17) is 56.4 Å². The van der Waals surface area contributed by atoms with Crippen LogP contribution in [0.15, 0.2) is 58.4 Å². The molecule has 2 atom stereocenters. The van der Waals surface area contributed by atoms with E-state index in [1.807, 2.05) is 21.3 Å². The van der Waals surface area contributed by atoms with Gasteiger partial charge in [0.15, 0.2) is 10.9 Å². The molecule has 2 fully saturated rings. The van der Waals surface area contributed by atoms with E-state index in [2.05, 4.69) is 27.7 Å². The number of hydrogen-bond acceptors (Lipinski definition) is 11. The van der Waals surface area contributed by atoms with Crippen LogP contribution in [-0.2, 0) is 36.5 Å². The number of pyridine rings is 2. The van der Waals surface area contributed by atoms with E-state index < -0.39 is 33.6 Å². The molecule has 2 aromatic carbocycles. The van der Waals surface area contributed by atoms with Gasteiger partial charge in [-0.25, -0.2) is 9.59 Å². The van der Waals surface area contributed by atoms with Crippen LogP contribution in [0.3, 0.4) is 0 Å². The summed E-state index contributed by atoms with van der Waals surface area (Å²) in [6, 6.07) is 9.68. The highest BCUT2D eigenvalue weighted by atomic mass is 35.5. The Balaban J connectivity index is 0.861. The van der Waals surface area contributed by atoms with E-state index in [9.17, 15) is 29.4 Å². The van der Waals surface area contributed by atoms with Crippen LogP contribution < -0.4 is 20.3 Å². The number of aromatic nitrogens is 2. The maximum absolute atomic E-state index is 13.0. The van der Waals surface area contributed by atoms with Gasteiger partial charge < -0.3 is 52.5 Å². The molecule has 3 aliphatic heterocycles. The fourth-order valence-corrected chi connectivity index (χ4v) is 10.4. The topological polar surface area (TPSA) is 183 Å². The Morgan fingerprint density at radius 3 is 1.73 bits per heavy atom. The Kier molecular flexibility index (Phi) is 14.1. The van der Waals surface area contributed by atoms with Gasteiger partial charge in [0, 0.05) is 72.8 Å². The van der Waals surface area contributed by atoms with Crippen LogP contribution in [0.25, 0.3) is 22.5 Å². The van der Waals surface area contributed by atoms with Crippen LogP contribution in [0.5, 0.6) is 11.5 Å². The van der Waals surface area contributed by atoms with Crippen LogP contribution >= 0.6 is 23.2 Å². The van der Waals surface area contributed by atoms with Crippen LogP contribution in [-0.4, -0.2) is 111 Å². The van der Waals surface area contributed by atoms with Crippen LogP contribution in [0.4, 0.5) is 0 Å². The van der Waals surface area contributed by atoms with Crippen molar-refractivity contribution >= 4 is 35.1 Å². The number of methoxy groups -OCH3 is 2. The Morgan fingerprint density at radius 1 is 0.731 bits per heavy atom. The zero-order chi connectivity index (χ0) is 48.0. The number of benzene rings is 2. The average Bonchev–Trinajstić information content (AvgIpc) is 3.23. The summed E-state index contributed by atoms with van der Waals surface area (Å²) < 4.78 is 45.1. The molecule has 0 radical (unpaired) electrons. The second-order valence-electron chi connectivity index (χ2n) is 19.9. The molecule has 0 amide bonds. The van der Waals surface area contributed by atoms with Crippen molar-refractivity contribution in [3.8, 4) is 34.0 Å². The van der Waals surface area contributed by atoms with Crippen molar-refractivity contribution in [3.63, 3.8) is 0 Å². The van der Waals surface area contributed by atoms with E-state index in [0.29, 0.717) is 105 Å². The fraction of sp³-hybridized carbons (Fsp3) is 0.520. The van der Waals surface area contributed by atoms with Crippen molar-refractivity contribution in [1.82, 2.24) is 9.13 Å². The third kappa shape index (κ3) is 9.92. The first-order valence-electron chi connectivity index (χ1n) is 22.5. The van der Waals surface area contributed by atoms with E-state index >= 15 is 0 Å². The molecule has 17 heteroatoms. The number of carboxylic acid groups (broad SMARTS) is 2. The number of carbonyl (C=O) groups is 2. The smallest absolute Gasteiger partial charge is 0.341 e. The van der Waals surface area contributed by atoms with Gasteiger partial charge in [0.05, 0.1) is 85.8 Å². The molecule has 4 aliphatic rings. The predicted molar refractivity (Wildman–Crippen MR) is 251 cm³/mol. The summed E-state index contributed by atoms with van der Waals surface area (Å²) >= 11 is 13.6. The summed E-state index contributed by atoms with van der Waals surface area (Å²) in [6.07, 6.45) is 5.60. The average molecular weight is 966 g/mol. The minimum atomic E-state index is -1.29. The maximum Gasteiger partial charge on any atom is 0.341 e. The molecule has 4 aromatic rings. The van der Waals surface area contributed by atoms with Gasteiger partial charge in [-0.15, -0.1) is 0 Å². The van der Waals surface area contributed by atoms with E-state index in [-0.39, 0.29) is 40.6 Å². The number of carboxylic acids is 2. The molecule has 67 heavy (non-hydrogen) atoms. The Labute approximate surface area is 398 Å². The molecule has 360 valence electrons. The number of aromatic carboxylic acids is 2. The minimum absolute atomic E-state index is 0.0518. The maximum atomic E-state index is 13.0. The predicted octanol–water partition coefficient (Wildman–Crippen LogP) is 7.87. The summed E-state index contributed by atoms with van der Waals surface area (Å²) in [7, 11) is 3.28. The number of rotatable bonds is 20. The fourth-order valence-electron chi connectivity index (χ4n) is 9.98. The summed E-state index contributed by atoms with van der Waals surface area (Å²) in [5.41, 5.74) is 1.59. The van der Waals surface area contributed by atoms with Crippen molar-refractivity contribution in [2.45, 2.75) is 71.6 Å². The Bertz CT molecular complexity index is 2670. The quantitative estimate of drug-likeness (QED) is 0.0817. The summed E-state index contributed by atoms with van der Waals surface area (Å²) in [4.78, 5) is 49.9. The lowest BCUT2D eigenvalue weighted by Crippen LogP contribution is -2.50.